The Kier molecular flexibility index (Phi) is 6.42. The van der Waals surface area contributed by atoms with E-state index in [4.69, 9.17) is 18.9 Å². The molecule has 9 heteroatoms. The van der Waals surface area contributed by atoms with Crippen LogP contribution >= 0.6 is 0 Å². The first-order chi connectivity index (χ1) is 17.1. The SMILES string of the molecule is COc1ccc(COc2cccc(-n3cc(-c4cc(C(=O)O)ccn4)cn3)c2C2OCCO2)cc1. The summed E-state index contributed by atoms with van der Waals surface area (Å²) in [4.78, 5) is 15.6. The van der Waals surface area contributed by atoms with Gasteiger partial charge in [0.2, 0.25) is 0 Å². The monoisotopic (exact) mass is 473 g/mol. The normalized spacial score (nSPS) is 13.6. The van der Waals surface area contributed by atoms with Crippen molar-refractivity contribution in [3.8, 4) is 28.4 Å². The largest absolute Gasteiger partial charge is 0.497 e. The maximum atomic E-state index is 11.3. The van der Waals surface area contributed by atoms with Gasteiger partial charge < -0.3 is 24.1 Å². The fourth-order valence-corrected chi connectivity index (χ4v) is 3.81. The Morgan fingerprint density at radius 2 is 1.94 bits per heavy atom. The molecule has 9 nitrogen and oxygen atoms in total. The first-order valence-electron chi connectivity index (χ1n) is 11.0. The van der Waals surface area contributed by atoms with E-state index in [2.05, 4.69) is 10.1 Å². The fourth-order valence-electron chi connectivity index (χ4n) is 3.81. The highest BCUT2D eigenvalue weighted by Gasteiger charge is 2.27. The summed E-state index contributed by atoms with van der Waals surface area (Å²) in [5.41, 5.74) is 3.78. The van der Waals surface area contributed by atoms with Gasteiger partial charge in [-0.05, 0) is 42.0 Å². The first-order valence-corrected chi connectivity index (χ1v) is 11.0. The third-order valence-corrected chi connectivity index (χ3v) is 5.59. The minimum atomic E-state index is -1.01. The fraction of sp³-hybridized carbons (Fsp3) is 0.192. The average molecular weight is 473 g/mol. The van der Waals surface area contributed by atoms with Crippen LogP contribution in [-0.4, -0.2) is 46.2 Å². The Hall–Kier alpha value is -4.21. The van der Waals surface area contributed by atoms with Gasteiger partial charge in [0, 0.05) is 18.0 Å². The molecule has 3 heterocycles. The number of aromatic nitrogens is 3. The molecule has 0 unspecified atom stereocenters. The topological polar surface area (TPSA) is 105 Å². The molecule has 0 amide bonds. The van der Waals surface area contributed by atoms with Crippen molar-refractivity contribution in [3.63, 3.8) is 0 Å². The molecule has 0 spiro atoms. The molecule has 0 atom stereocenters. The molecule has 1 aliphatic rings. The molecule has 1 fully saturated rings. The Morgan fingerprint density at radius 3 is 2.69 bits per heavy atom. The zero-order valence-electron chi connectivity index (χ0n) is 19.0. The minimum Gasteiger partial charge on any atom is -0.497 e. The van der Waals surface area contributed by atoms with Crippen molar-refractivity contribution < 1.29 is 28.8 Å². The van der Waals surface area contributed by atoms with Crippen LogP contribution in [0.5, 0.6) is 11.5 Å². The summed E-state index contributed by atoms with van der Waals surface area (Å²) in [6, 6.07) is 16.3. The predicted octanol–water partition coefficient (Wildman–Crippen LogP) is 4.27. The van der Waals surface area contributed by atoms with Gasteiger partial charge in [-0.15, -0.1) is 0 Å². The number of carbonyl (C=O) groups is 1. The highest BCUT2D eigenvalue weighted by atomic mass is 16.7. The van der Waals surface area contributed by atoms with E-state index < -0.39 is 12.3 Å². The second-order valence-electron chi connectivity index (χ2n) is 7.81. The van der Waals surface area contributed by atoms with Gasteiger partial charge in [-0.3, -0.25) is 4.98 Å². The molecule has 1 saturated heterocycles. The number of benzene rings is 2. The molecule has 0 aliphatic carbocycles. The number of aromatic carboxylic acids is 1. The number of pyridine rings is 1. The zero-order chi connectivity index (χ0) is 24.2. The van der Waals surface area contributed by atoms with Crippen molar-refractivity contribution in [2.75, 3.05) is 20.3 Å². The van der Waals surface area contributed by atoms with E-state index >= 15 is 0 Å². The molecule has 0 radical (unpaired) electrons. The molecule has 35 heavy (non-hydrogen) atoms. The van der Waals surface area contributed by atoms with Crippen molar-refractivity contribution in [1.29, 1.82) is 0 Å². The van der Waals surface area contributed by atoms with Crippen molar-refractivity contribution in [2.45, 2.75) is 12.9 Å². The summed E-state index contributed by atoms with van der Waals surface area (Å²) in [6.07, 6.45) is 4.29. The third kappa shape index (κ3) is 4.86. The maximum Gasteiger partial charge on any atom is 0.335 e. The Morgan fingerprint density at radius 1 is 1.14 bits per heavy atom. The van der Waals surface area contributed by atoms with Crippen LogP contribution in [-0.2, 0) is 16.1 Å². The molecule has 4 aromatic rings. The number of nitrogens with zero attached hydrogens (tertiary/aromatic N) is 3. The van der Waals surface area contributed by atoms with Crippen molar-refractivity contribution in [3.05, 3.63) is 89.9 Å². The van der Waals surface area contributed by atoms with E-state index in [9.17, 15) is 9.90 Å². The van der Waals surface area contributed by atoms with Gasteiger partial charge in [-0.1, -0.05) is 18.2 Å². The molecular weight excluding hydrogens is 450 g/mol. The van der Waals surface area contributed by atoms with Crippen LogP contribution in [0.2, 0.25) is 0 Å². The summed E-state index contributed by atoms with van der Waals surface area (Å²) in [6.45, 7) is 1.31. The zero-order valence-corrected chi connectivity index (χ0v) is 19.0. The number of carboxylic acids is 1. The van der Waals surface area contributed by atoms with Gasteiger partial charge in [0.1, 0.15) is 18.1 Å². The highest BCUT2D eigenvalue weighted by Crippen LogP contribution is 2.37. The highest BCUT2D eigenvalue weighted by molar-refractivity contribution is 5.88. The van der Waals surface area contributed by atoms with Gasteiger partial charge >= 0.3 is 5.97 Å². The number of ether oxygens (including phenoxy) is 4. The lowest BCUT2D eigenvalue weighted by molar-refractivity contribution is -0.0459. The van der Waals surface area contributed by atoms with Crippen molar-refractivity contribution in [1.82, 2.24) is 14.8 Å². The minimum absolute atomic E-state index is 0.158. The smallest absolute Gasteiger partial charge is 0.335 e. The van der Waals surface area contributed by atoms with E-state index in [0.29, 0.717) is 36.8 Å². The molecule has 5 rings (SSSR count). The van der Waals surface area contributed by atoms with Crippen LogP contribution in [0.4, 0.5) is 0 Å². The van der Waals surface area contributed by atoms with Gasteiger partial charge in [0.05, 0.1) is 49.0 Å². The summed E-state index contributed by atoms with van der Waals surface area (Å²) in [5, 5.41) is 13.8. The number of rotatable bonds is 8. The molecule has 0 saturated carbocycles. The molecule has 2 aromatic heterocycles. The summed E-state index contributed by atoms with van der Waals surface area (Å²) in [7, 11) is 1.63. The predicted molar refractivity (Wildman–Crippen MR) is 126 cm³/mol. The van der Waals surface area contributed by atoms with Crippen LogP contribution in [0.15, 0.2) is 73.2 Å². The standard InChI is InChI=1S/C26H23N3O6/c1-32-20-7-5-17(6-8-20)16-35-23-4-2-3-22(24(23)26-33-11-12-34-26)29-15-19(14-28-29)21-13-18(25(30)31)9-10-27-21/h2-10,13-15,26H,11-12,16H2,1H3,(H,30,31). The summed E-state index contributed by atoms with van der Waals surface area (Å²) in [5.74, 6) is 0.385. The molecule has 0 bridgehead atoms. The first kappa shape index (κ1) is 22.6. The summed E-state index contributed by atoms with van der Waals surface area (Å²) >= 11 is 0. The Bertz CT molecular complexity index is 1330. The molecule has 1 aliphatic heterocycles. The van der Waals surface area contributed by atoms with Crippen molar-refractivity contribution >= 4 is 5.97 Å². The van der Waals surface area contributed by atoms with Gasteiger partial charge in [0.25, 0.3) is 0 Å². The lowest BCUT2D eigenvalue weighted by Crippen LogP contribution is -2.09. The maximum absolute atomic E-state index is 11.3. The van der Waals surface area contributed by atoms with Crippen LogP contribution in [0.1, 0.15) is 27.8 Å². The quantitative estimate of drug-likeness (QED) is 0.405. The van der Waals surface area contributed by atoms with E-state index in [-0.39, 0.29) is 5.56 Å². The van der Waals surface area contributed by atoms with E-state index in [1.807, 2.05) is 42.5 Å². The number of hydrogen-bond acceptors (Lipinski definition) is 7. The van der Waals surface area contributed by atoms with Gasteiger partial charge in [-0.25, -0.2) is 9.48 Å². The Balaban J connectivity index is 1.47. The van der Waals surface area contributed by atoms with Crippen LogP contribution in [0.25, 0.3) is 16.9 Å². The lowest BCUT2D eigenvalue weighted by atomic mass is 10.1. The average Bonchev–Trinajstić information content (AvgIpc) is 3.60. The van der Waals surface area contributed by atoms with E-state index in [1.165, 1.54) is 18.3 Å². The van der Waals surface area contributed by atoms with Gasteiger partial charge in [-0.2, -0.15) is 5.10 Å². The number of carboxylic acid groups (broad SMARTS) is 1. The lowest BCUT2D eigenvalue weighted by Gasteiger charge is -2.19. The molecule has 178 valence electrons. The second kappa shape index (κ2) is 9.96. The molecular formula is C26H23N3O6. The van der Waals surface area contributed by atoms with E-state index in [0.717, 1.165) is 22.6 Å². The van der Waals surface area contributed by atoms with Crippen LogP contribution < -0.4 is 9.47 Å². The van der Waals surface area contributed by atoms with Crippen LogP contribution in [0, 0.1) is 0 Å². The van der Waals surface area contributed by atoms with Crippen LogP contribution in [0.3, 0.4) is 0 Å². The summed E-state index contributed by atoms with van der Waals surface area (Å²) < 4.78 is 24.7. The van der Waals surface area contributed by atoms with Gasteiger partial charge in [0.15, 0.2) is 6.29 Å². The third-order valence-electron chi connectivity index (χ3n) is 5.59. The molecule has 1 N–H and O–H groups in total. The van der Waals surface area contributed by atoms with E-state index in [1.54, 1.807) is 24.2 Å². The number of methoxy groups -OCH3 is 1. The number of hydrogen-bond donors (Lipinski definition) is 1. The van der Waals surface area contributed by atoms with Crippen molar-refractivity contribution in [2.24, 2.45) is 0 Å². The molecule has 2 aromatic carbocycles. The second-order valence-corrected chi connectivity index (χ2v) is 7.81. The Labute approximate surface area is 201 Å².